The Balaban J connectivity index is 2.10. The molecule has 0 saturated heterocycles. The first-order valence-electron chi connectivity index (χ1n) is 6.46. The lowest BCUT2D eigenvalue weighted by Crippen LogP contribution is -2.41. The molecule has 1 aliphatic heterocycles. The summed E-state index contributed by atoms with van der Waals surface area (Å²) in [6.07, 6.45) is 1.14. The van der Waals surface area contributed by atoms with Gasteiger partial charge in [-0.05, 0) is 42.5 Å². The number of rotatable bonds is 5. The summed E-state index contributed by atoms with van der Waals surface area (Å²) in [6.45, 7) is 5.13. The monoisotopic (exact) mass is 263 g/mol. The number of benzene rings is 1. The van der Waals surface area contributed by atoms with Gasteiger partial charge in [-0.3, -0.25) is 4.99 Å². The Labute approximate surface area is 113 Å². The maximum atomic E-state index is 6.02. The van der Waals surface area contributed by atoms with E-state index in [2.05, 4.69) is 48.0 Å². The summed E-state index contributed by atoms with van der Waals surface area (Å²) < 4.78 is 0. The molecule has 1 aromatic carbocycles. The third-order valence-corrected chi connectivity index (χ3v) is 4.09. The smallest absolute Gasteiger partial charge is 0.196 e. The van der Waals surface area contributed by atoms with Gasteiger partial charge in [-0.2, -0.15) is 11.8 Å². The van der Waals surface area contributed by atoms with E-state index >= 15 is 0 Å². The van der Waals surface area contributed by atoms with Crippen molar-refractivity contribution in [1.82, 2.24) is 0 Å². The normalized spacial score (nSPS) is 19.1. The first kappa shape index (κ1) is 13.3. The number of guanidine groups is 1. The molecular formula is C14H21N3S. The van der Waals surface area contributed by atoms with Crippen molar-refractivity contribution in [3.63, 3.8) is 0 Å². The summed E-state index contributed by atoms with van der Waals surface area (Å²) in [7, 11) is 0. The number of nitrogens with two attached hydrogens (primary N) is 1. The molecule has 0 fully saturated rings. The van der Waals surface area contributed by atoms with Crippen LogP contribution < -0.4 is 10.6 Å². The van der Waals surface area contributed by atoms with Gasteiger partial charge in [0.2, 0.25) is 0 Å². The summed E-state index contributed by atoms with van der Waals surface area (Å²) in [5.74, 6) is 3.01. The summed E-state index contributed by atoms with van der Waals surface area (Å²) in [5, 5.41) is 0. The van der Waals surface area contributed by atoms with Crippen LogP contribution in [0.25, 0.3) is 0 Å². The molecule has 1 unspecified atom stereocenters. The summed E-state index contributed by atoms with van der Waals surface area (Å²) >= 11 is 1.98. The van der Waals surface area contributed by atoms with Gasteiger partial charge in [0.1, 0.15) is 0 Å². The van der Waals surface area contributed by atoms with Crippen molar-refractivity contribution in [3.8, 4) is 0 Å². The van der Waals surface area contributed by atoms with Gasteiger partial charge in [-0.25, -0.2) is 0 Å². The number of hydrogen-bond acceptors (Lipinski definition) is 4. The molecule has 0 amide bonds. The molecule has 2 rings (SSSR count). The molecule has 98 valence electrons. The minimum atomic E-state index is 0.422. The van der Waals surface area contributed by atoms with Gasteiger partial charge >= 0.3 is 0 Å². The zero-order chi connectivity index (χ0) is 13.0. The van der Waals surface area contributed by atoms with Crippen molar-refractivity contribution in [2.75, 3.05) is 23.0 Å². The Morgan fingerprint density at radius 1 is 1.50 bits per heavy atom. The van der Waals surface area contributed by atoms with Gasteiger partial charge in [-0.15, -0.1) is 0 Å². The quantitative estimate of drug-likeness (QED) is 0.830. The first-order chi connectivity index (χ1) is 8.72. The van der Waals surface area contributed by atoms with Crippen LogP contribution in [-0.2, 0) is 0 Å². The Bertz CT molecular complexity index is 431. The Hall–Kier alpha value is -1.16. The van der Waals surface area contributed by atoms with Crippen molar-refractivity contribution >= 4 is 23.4 Å². The van der Waals surface area contributed by atoms with Crippen LogP contribution in [0.1, 0.15) is 18.9 Å². The Morgan fingerprint density at radius 3 is 3.06 bits per heavy atom. The molecular weight excluding hydrogens is 242 g/mol. The molecule has 0 bridgehead atoms. The molecule has 0 aromatic heterocycles. The van der Waals surface area contributed by atoms with Gasteiger partial charge in [0.25, 0.3) is 0 Å². The highest BCUT2D eigenvalue weighted by Gasteiger charge is 2.26. The highest BCUT2D eigenvalue weighted by molar-refractivity contribution is 7.99. The molecule has 0 saturated carbocycles. The van der Waals surface area contributed by atoms with Crippen LogP contribution in [0.2, 0.25) is 0 Å². The van der Waals surface area contributed by atoms with Gasteiger partial charge < -0.3 is 10.6 Å². The summed E-state index contributed by atoms with van der Waals surface area (Å²) in [6, 6.07) is 8.89. The van der Waals surface area contributed by atoms with E-state index in [0.717, 1.165) is 13.0 Å². The number of anilines is 1. The van der Waals surface area contributed by atoms with Gasteiger partial charge in [0.15, 0.2) is 5.96 Å². The number of aryl methyl sites for hydroxylation is 1. The van der Waals surface area contributed by atoms with E-state index in [1.165, 1.54) is 22.8 Å². The lowest BCUT2D eigenvalue weighted by Gasteiger charge is -2.26. The summed E-state index contributed by atoms with van der Waals surface area (Å²) in [4.78, 5) is 6.58. The molecule has 18 heavy (non-hydrogen) atoms. The van der Waals surface area contributed by atoms with E-state index in [0.29, 0.717) is 12.0 Å². The molecule has 0 aliphatic carbocycles. The van der Waals surface area contributed by atoms with Crippen LogP contribution in [0.15, 0.2) is 29.3 Å². The second-order valence-electron chi connectivity index (χ2n) is 4.55. The molecule has 4 heteroatoms. The maximum absolute atomic E-state index is 6.02. The van der Waals surface area contributed by atoms with Crippen molar-refractivity contribution in [2.45, 2.75) is 26.3 Å². The SMILES string of the molecule is CCSCCC1CN=C(N)N1c1cccc(C)c1. The van der Waals surface area contributed by atoms with E-state index in [4.69, 9.17) is 5.73 Å². The first-order valence-corrected chi connectivity index (χ1v) is 7.61. The van der Waals surface area contributed by atoms with Crippen LogP contribution in [-0.4, -0.2) is 30.1 Å². The van der Waals surface area contributed by atoms with E-state index in [-0.39, 0.29) is 0 Å². The van der Waals surface area contributed by atoms with Crippen LogP contribution >= 0.6 is 11.8 Å². The predicted octanol–water partition coefficient (Wildman–Crippen LogP) is 2.64. The number of hydrogen-bond donors (Lipinski definition) is 1. The van der Waals surface area contributed by atoms with E-state index in [1.54, 1.807) is 0 Å². The van der Waals surface area contributed by atoms with E-state index in [1.807, 2.05) is 11.8 Å². The third kappa shape index (κ3) is 2.99. The second-order valence-corrected chi connectivity index (χ2v) is 5.94. The van der Waals surface area contributed by atoms with Gasteiger partial charge in [-0.1, -0.05) is 19.1 Å². The fraction of sp³-hybridized carbons (Fsp3) is 0.500. The largest absolute Gasteiger partial charge is 0.370 e. The molecule has 0 spiro atoms. The second kappa shape index (κ2) is 6.14. The van der Waals surface area contributed by atoms with Crippen molar-refractivity contribution in [1.29, 1.82) is 0 Å². The van der Waals surface area contributed by atoms with Gasteiger partial charge in [0, 0.05) is 5.69 Å². The molecule has 1 atom stereocenters. The van der Waals surface area contributed by atoms with Crippen LogP contribution in [0.4, 0.5) is 5.69 Å². The molecule has 0 radical (unpaired) electrons. The lowest BCUT2D eigenvalue weighted by molar-refractivity contribution is 0.690. The van der Waals surface area contributed by atoms with E-state index < -0.39 is 0 Å². The predicted molar refractivity (Wildman–Crippen MR) is 81.6 cm³/mol. The fourth-order valence-electron chi connectivity index (χ4n) is 2.25. The van der Waals surface area contributed by atoms with Crippen molar-refractivity contribution in [2.24, 2.45) is 10.7 Å². The average molecular weight is 263 g/mol. The third-order valence-electron chi connectivity index (χ3n) is 3.16. The molecule has 2 N–H and O–H groups in total. The highest BCUT2D eigenvalue weighted by atomic mass is 32.2. The van der Waals surface area contributed by atoms with Crippen molar-refractivity contribution in [3.05, 3.63) is 29.8 Å². The zero-order valence-corrected chi connectivity index (χ0v) is 11.9. The number of nitrogens with zero attached hydrogens (tertiary/aromatic N) is 2. The Morgan fingerprint density at radius 2 is 2.33 bits per heavy atom. The molecule has 1 heterocycles. The number of aliphatic imine (C=N–C) groups is 1. The highest BCUT2D eigenvalue weighted by Crippen LogP contribution is 2.24. The van der Waals surface area contributed by atoms with Gasteiger partial charge in [0.05, 0.1) is 12.6 Å². The molecule has 3 nitrogen and oxygen atoms in total. The zero-order valence-electron chi connectivity index (χ0n) is 11.1. The lowest BCUT2D eigenvalue weighted by atomic mass is 10.1. The topological polar surface area (TPSA) is 41.6 Å². The van der Waals surface area contributed by atoms with E-state index in [9.17, 15) is 0 Å². The molecule has 1 aromatic rings. The standard InChI is InChI=1S/C14H21N3S/c1-3-18-8-7-13-10-16-14(15)17(13)12-6-4-5-11(2)9-12/h4-6,9,13H,3,7-8,10H2,1-2H3,(H2,15,16). The molecule has 1 aliphatic rings. The fourth-order valence-corrected chi connectivity index (χ4v) is 2.98. The maximum Gasteiger partial charge on any atom is 0.196 e. The summed E-state index contributed by atoms with van der Waals surface area (Å²) in [5.41, 5.74) is 8.45. The van der Waals surface area contributed by atoms with Crippen LogP contribution in [0.3, 0.4) is 0 Å². The minimum absolute atomic E-state index is 0.422. The number of thioether (sulfide) groups is 1. The Kier molecular flexibility index (Phi) is 4.53. The van der Waals surface area contributed by atoms with Crippen LogP contribution in [0, 0.1) is 6.92 Å². The van der Waals surface area contributed by atoms with Crippen LogP contribution in [0.5, 0.6) is 0 Å². The average Bonchev–Trinajstić information content (AvgIpc) is 2.71. The van der Waals surface area contributed by atoms with Crippen molar-refractivity contribution < 1.29 is 0 Å². The minimum Gasteiger partial charge on any atom is -0.370 e.